The topological polar surface area (TPSA) is 30.8 Å². The van der Waals surface area contributed by atoms with Gasteiger partial charge in [-0.15, -0.1) is 0 Å². The van der Waals surface area contributed by atoms with Crippen LogP contribution in [0, 0.1) is 0 Å². The Morgan fingerprint density at radius 3 is 2.88 bits per heavy atom. The highest BCUT2D eigenvalue weighted by atomic mass is 32.2. The van der Waals surface area contributed by atoms with Crippen molar-refractivity contribution in [1.29, 1.82) is 0 Å². The van der Waals surface area contributed by atoms with Crippen LogP contribution in [0.5, 0.6) is 0 Å². The van der Waals surface area contributed by atoms with Crippen molar-refractivity contribution >= 4 is 22.7 Å². The second-order valence-electron chi connectivity index (χ2n) is 4.15. The first-order chi connectivity index (χ1) is 8.24. The van der Waals surface area contributed by atoms with Gasteiger partial charge in [0.05, 0.1) is 18.4 Å². The third-order valence-corrected chi connectivity index (χ3v) is 3.23. The molecule has 1 aromatic carbocycles. The smallest absolute Gasteiger partial charge is 0.251 e. The van der Waals surface area contributed by atoms with Crippen molar-refractivity contribution in [3.63, 3.8) is 0 Å². The monoisotopic (exact) mass is 251 g/mol. The molecule has 1 heterocycles. The van der Waals surface area contributed by atoms with E-state index in [0.29, 0.717) is 6.61 Å². The molecule has 0 radical (unpaired) electrons. The third-order valence-electron chi connectivity index (χ3n) is 2.25. The summed E-state index contributed by atoms with van der Waals surface area (Å²) in [5, 5.41) is 0.744. The predicted molar refractivity (Wildman–Crippen MR) is 72.0 cm³/mol. The summed E-state index contributed by atoms with van der Waals surface area (Å²) in [6.07, 6.45) is 0.378. The van der Waals surface area contributed by atoms with Crippen molar-refractivity contribution in [2.75, 3.05) is 12.4 Å². The van der Waals surface area contributed by atoms with Crippen LogP contribution in [0.1, 0.15) is 13.8 Å². The van der Waals surface area contributed by atoms with E-state index in [1.165, 1.54) is 0 Å². The Hall–Kier alpha value is -1.00. The molecule has 0 spiro atoms. The first-order valence-electron chi connectivity index (χ1n) is 5.79. The summed E-state index contributed by atoms with van der Waals surface area (Å²) in [6, 6.07) is 9.85. The lowest BCUT2D eigenvalue weighted by atomic mass is 10.3. The maximum Gasteiger partial charge on any atom is 0.251 e. The lowest BCUT2D eigenvalue weighted by Crippen LogP contribution is -2.20. The van der Waals surface area contributed by atoms with Crippen LogP contribution in [0.25, 0.3) is 0 Å². The van der Waals surface area contributed by atoms with Crippen LogP contribution >= 0.6 is 11.8 Å². The van der Waals surface area contributed by atoms with Gasteiger partial charge < -0.3 is 9.47 Å². The highest BCUT2D eigenvalue weighted by Crippen LogP contribution is 2.24. The molecule has 0 aromatic heterocycles. The molecule has 92 valence electrons. The largest absolute Gasteiger partial charge is 0.466 e. The summed E-state index contributed by atoms with van der Waals surface area (Å²) in [7, 11) is 0. The zero-order valence-electron chi connectivity index (χ0n) is 10.1. The van der Waals surface area contributed by atoms with E-state index in [1.807, 2.05) is 44.2 Å². The molecule has 1 atom stereocenters. The van der Waals surface area contributed by atoms with E-state index >= 15 is 0 Å². The van der Waals surface area contributed by atoms with Crippen molar-refractivity contribution < 1.29 is 9.47 Å². The van der Waals surface area contributed by atoms with E-state index in [0.717, 1.165) is 16.7 Å². The molecule has 1 aliphatic heterocycles. The number of thioether (sulfide) groups is 1. The van der Waals surface area contributed by atoms with Crippen molar-refractivity contribution in [3.8, 4) is 0 Å². The van der Waals surface area contributed by atoms with Gasteiger partial charge in [0.15, 0.2) is 0 Å². The first kappa shape index (κ1) is 12.5. The minimum Gasteiger partial charge on any atom is -0.466 e. The Labute approximate surface area is 106 Å². The molecule has 2 rings (SSSR count). The minimum absolute atomic E-state index is 0.130. The third kappa shape index (κ3) is 4.06. The van der Waals surface area contributed by atoms with Gasteiger partial charge in [0.25, 0.3) is 5.23 Å². The van der Waals surface area contributed by atoms with Gasteiger partial charge in [-0.2, -0.15) is 0 Å². The molecule has 1 fully saturated rings. The van der Waals surface area contributed by atoms with E-state index in [9.17, 15) is 0 Å². The zero-order valence-corrected chi connectivity index (χ0v) is 10.9. The van der Waals surface area contributed by atoms with Gasteiger partial charge in [0.1, 0.15) is 6.10 Å². The number of aliphatic imine (C=N–C) groups is 1. The number of hydrogen-bond acceptors (Lipinski definition) is 4. The van der Waals surface area contributed by atoms with Crippen molar-refractivity contribution in [1.82, 2.24) is 0 Å². The van der Waals surface area contributed by atoms with Gasteiger partial charge in [-0.05, 0) is 26.0 Å². The Balaban J connectivity index is 1.87. The zero-order chi connectivity index (χ0) is 12.1. The van der Waals surface area contributed by atoms with Crippen LogP contribution < -0.4 is 0 Å². The van der Waals surface area contributed by atoms with Crippen molar-refractivity contribution in [3.05, 3.63) is 30.3 Å². The molecular formula is C13H17NO2S. The molecule has 4 heteroatoms. The Kier molecular flexibility index (Phi) is 4.45. The predicted octanol–water partition coefficient (Wildman–Crippen LogP) is 3.23. The fourth-order valence-electron chi connectivity index (χ4n) is 1.42. The molecule has 0 bridgehead atoms. The SMILES string of the molecule is CC(C)OCC1CSC(=Nc2ccccc2)O1. The maximum atomic E-state index is 5.70. The quantitative estimate of drug-likeness (QED) is 0.823. The normalized spacial score (nSPS) is 22.1. The van der Waals surface area contributed by atoms with E-state index in [1.54, 1.807) is 11.8 Å². The lowest BCUT2D eigenvalue weighted by molar-refractivity contribution is 0.0246. The van der Waals surface area contributed by atoms with Gasteiger partial charge in [0.2, 0.25) is 0 Å². The molecule has 1 aromatic rings. The number of ether oxygens (including phenoxy) is 2. The Morgan fingerprint density at radius 1 is 1.41 bits per heavy atom. The number of hydrogen-bond donors (Lipinski definition) is 0. The van der Waals surface area contributed by atoms with Crippen LogP contribution in [0.15, 0.2) is 35.3 Å². The summed E-state index contributed by atoms with van der Waals surface area (Å²) in [5.41, 5.74) is 0.931. The average Bonchev–Trinajstić information content (AvgIpc) is 2.75. The maximum absolute atomic E-state index is 5.70. The van der Waals surface area contributed by atoms with E-state index in [2.05, 4.69) is 4.99 Å². The Morgan fingerprint density at radius 2 is 2.18 bits per heavy atom. The Bertz CT molecular complexity index is 378. The molecule has 1 unspecified atom stereocenters. The fraction of sp³-hybridized carbons (Fsp3) is 0.462. The van der Waals surface area contributed by atoms with Crippen LogP contribution in [-0.4, -0.2) is 29.8 Å². The van der Waals surface area contributed by atoms with Crippen molar-refractivity contribution in [2.24, 2.45) is 4.99 Å². The van der Waals surface area contributed by atoms with E-state index in [-0.39, 0.29) is 12.2 Å². The van der Waals surface area contributed by atoms with Gasteiger partial charge in [0, 0.05) is 5.75 Å². The molecule has 17 heavy (non-hydrogen) atoms. The van der Waals surface area contributed by atoms with Crippen LogP contribution in [0.2, 0.25) is 0 Å². The molecule has 3 nitrogen and oxygen atoms in total. The van der Waals surface area contributed by atoms with E-state index < -0.39 is 0 Å². The summed E-state index contributed by atoms with van der Waals surface area (Å²) in [6.45, 7) is 4.70. The highest BCUT2D eigenvalue weighted by molar-refractivity contribution is 8.13. The standard InChI is InChI=1S/C13H17NO2S/c1-10(2)15-8-12-9-17-13(16-12)14-11-6-4-3-5-7-11/h3-7,10,12H,8-9H2,1-2H3. The second-order valence-corrected chi connectivity index (χ2v) is 5.12. The first-order valence-corrected chi connectivity index (χ1v) is 6.77. The van der Waals surface area contributed by atoms with Gasteiger partial charge in [-0.1, -0.05) is 30.0 Å². The fourth-order valence-corrected chi connectivity index (χ4v) is 2.29. The molecule has 0 amide bonds. The molecule has 1 saturated heterocycles. The second kappa shape index (κ2) is 6.07. The van der Waals surface area contributed by atoms with Gasteiger partial charge in [-0.25, -0.2) is 4.99 Å². The van der Waals surface area contributed by atoms with Gasteiger partial charge >= 0.3 is 0 Å². The summed E-state index contributed by atoms with van der Waals surface area (Å²) in [5.74, 6) is 0.915. The average molecular weight is 251 g/mol. The molecule has 0 saturated carbocycles. The summed E-state index contributed by atoms with van der Waals surface area (Å²) < 4.78 is 11.2. The van der Waals surface area contributed by atoms with Crippen LogP contribution in [0.3, 0.4) is 0 Å². The van der Waals surface area contributed by atoms with Crippen LogP contribution in [-0.2, 0) is 9.47 Å². The molecule has 1 aliphatic rings. The highest BCUT2D eigenvalue weighted by Gasteiger charge is 2.23. The summed E-state index contributed by atoms with van der Waals surface area (Å²) in [4.78, 5) is 4.44. The number of para-hydroxylation sites is 1. The number of rotatable bonds is 4. The molecular weight excluding hydrogens is 234 g/mol. The summed E-state index contributed by atoms with van der Waals surface area (Å²) >= 11 is 1.64. The van der Waals surface area contributed by atoms with E-state index in [4.69, 9.17) is 9.47 Å². The van der Waals surface area contributed by atoms with Crippen molar-refractivity contribution in [2.45, 2.75) is 26.1 Å². The lowest BCUT2D eigenvalue weighted by Gasteiger charge is -2.12. The number of nitrogens with zero attached hydrogens (tertiary/aromatic N) is 1. The minimum atomic E-state index is 0.130. The molecule has 0 aliphatic carbocycles. The molecule has 0 N–H and O–H groups in total. The van der Waals surface area contributed by atoms with Gasteiger partial charge in [-0.3, -0.25) is 0 Å². The number of benzene rings is 1. The van der Waals surface area contributed by atoms with Crippen LogP contribution in [0.4, 0.5) is 5.69 Å².